The van der Waals surface area contributed by atoms with Crippen molar-refractivity contribution < 1.29 is 13.5 Å². The number of nitriles is 1. The Morgan fingerprint density at radius 1 is 1.26 bits per heavy atom. The van der Waals surface area contributed by atoms with Crippen molar-refractivity contribution in [2.24, 2.45) is 0 Å². The number of benzene rings is 1. The van der Waals surface area contributed by atoms with Gasteiger partial charge >= 0.3 is 0 Å². The van der Waals surface area contributed by atoms with Crippen LogP contribution in [-0.4, -0.2) is 28.6 Å². The van der Waals surface area contributed by atoms with Crippen LogP contribution in [0.1, 0.15) is 57.2 Å². The van der Waals surface area contributed by atoms with Crippen LogP contribution in [0.5, 0.6) is 5.75 Å². The largest absolute Gasteiger partial charge is 0.508 e. The zero-order valence-corrected chi connectivity index (χ0v) is 18.9. The summed E-state index contributed by atoms with van der Waals surface area (Å²) in [5, 5.41) is 20.9. The van der Waals surface area contributed by atoms with Gasteiger partial charge in [-0.15, -0.1) is 0 Å². The highest BCUT2D eigenvalue weighted by molar-refractivity contribution is 7.89. The van der Waals surface area contributed by atoms with Crippen molar-refractivity contribution in [2.45, 2.75) is 63.4 Å². The van der Waals surface area contributed by atoms with Gasteiger partial charge in [-0.25, -0.2) is 13.1 Å². The molecule has 0 amide bonds. The summed E-state index contributed by atoms with van der Waals surface area (Å²) in [5.41, 5.74) is 2.66. The molecule has 0 aliphatic heterocycles. The lowest BCUT2D eigenvalue weighted by molar-refractivity contribution is 0.324. The number of phenols is 1. The molecule has 162 valence electrons. The lowest BCUT2D eigenvalue weighted by Gasteiger charge is -2.30. The van der Waals surface area contributed by atoms with E-state index in [1.54, 1.807) is 32.9 Å². The minimum Gasteiger partial charge on any atom is -0.508 e. The second-order valence-corrected chi connectivity index (χ2v) is 10.9. The Balaban J connectivity index is 1.89. The first-order valence-electron chi connectivity index (χ1n) is 10.3. The van der Waals surface area contributed by atoms with E-state index < -0.39 is 15.6 Å². The molecule has 1 saturated carbocycles. The van der Waals surface area contributed by atoms with Gasteiger partial charge in [0.25, 0.3) is 0 Å². The molecule has 1 aromatic carbocycles. The first-order valence-corrected chi connectivity index (χ1v) is 11.8. The summed E-state index contributed by atoms with van der Waals surface area (Å²) in [4.78, 5) is 4.52. The van der Waals surface area contributed by atoms with Crippen molar-refractivity contribution in [2.75, 3.05) is 0 Å². The van der Waals surface area contributed by atoms with Gasteiger partial charge < -0.3 is 9.67 Å². The van der Waals surface area contributed by atoms with Crippen LogP contribution in [-0.2, 0) is 10.0 Å². The summed E-state index contributed by atoms with van der Waals surface area (Å²) in [7, 11) is -3.71. The number of aromatic hydroxyl groups is 1. The van der Waals surface area contributed by atoms with E-state index in [0.29, 0.717) is 22.3 Å². The molecule has 1 fully saturated rings. The van der Waals surface area contributed by atoms with Crippen LogP contribution in [0, 0.1) is 18.3 Å². The number of sulfonamides is 1. The van der Waals surface area contributed by atoms with Crippen molar-refractivity contribution in [3.8, 4) is 23.2 Å². The van der Waals surface area contributed by atoms with Crippen LogP contribution < -0.4 is 4.72 Å². The molecule has 0 bridgehead atoms. The minimum absolute atomic E-state index is 0.0736. The summed E-state index contributed by atoms with van der Waals surface area (Å²) in [6.45, 7) is 7.17. The standard InChI is InChI=1S/C23H26N4O3S/c1-14-10-20-17(11-21(14)28)18(12-24)22(27(20)15-6-5-7-15)19-9-8-16(13-25-19)31(29,30)26-23(2,3)4/h8-11,13,15,26,28H,5-7H2,1-4H3. The number of nitrogens with zero attached hydrogens (tertiary/aromatic N) is 3. The van der Waals surface area contributed by atoms with Crippen LogP contribution in [0.4, 0.5) is 0 Å². The minimum atomic E-state index is -3.71. The molecule has 7 nitrogen and oxygen atoms in total. The lowest BCUT2D eigenvalue weighted by atomic mass is 9.92. The Morgan fingerprint density at radius 2 is 1.97 bits per heavy atom. The van der Waals surface area contributed by atoms with Gasteiger partial charge in [0.05, 0.1) is 22.5 Å². The molecule has 4 rings (SSSR count). The highest BCUT2D eigenvalue weighted by atomic mass is 32.2. The quantitative estimate of drug-likeness (QED) is 0.628. The van der Waals surface area contributed by atoms with Crippen molar-refractivity contribution in [3.05, 3.63) is 41.6 Å². The van der Waals surface area contributed by atoms with Crippen LogP contribution in [0.15, 0.2) is 35.4 Å². The van der Waals surface area contributed by atoms with E-state index in [9.17, 15) is 18.8 Å². The van der Waals surface area contributed by atoms with Gasteiger partial charge in [-0.05, 0) is 76.8 Å². The van der Waals surface area contributed by atoms with E-state index in [-0.39, 0.29) is 16.7 Å². The molecule has 2 aromatic heterocycles. The van der Waals surface area contributed by atoms with Gasteiger partial charge in [0, 0.05) is 23.2 Å². The maximum absolute atomic E-state index is 12.6. The molecule has 0 radical (unpaired) electrons. The van der Waals surface area contributed by atoms with Gasteiger partial charge in [0.1, 0.15) is 16.7 Å². The monoisotopic (exact) mass is 438 g/mol. The number of hydrogen-bond acceptors (Lipinski definition) is 5. The van der Waals surface area contributed by atoms with Crippen LogP contribution in [0.25, 0.3) is 22.3 Å². The molecular weight excluding hydrogens is 412 g/mol. The molecule has 31 heavy (non-hydrogen) atoms. The van der Waals surface area contributed by atoms with Gasteiger partial charge in [-0.2, -0.15) is 5.26 Å². The zero-order valence-electron chi connectivity index (χ0n) is 18.1. The maximum atomic E-state index is 12.6. The second-order valence-electron chi connectivity index (χ2n) is 9.18. The van der Waals surface area contributed by atoms with Crippen molar-refractivity contribution in [1.82, 2.24) is 14.3 Å². The number of pyridine rings is 1. The number of aromatic nitrogens is 2. The highest BCUT2D eigenvalue weighted by Crippen LogP contribution is 2.43. The van der Waals surface area contributed by atoms with Gasteiger partial charge in [-0.1, -0.05) is 0 Å². The molecule has 0 unspecified atom stereocenters. The van der Waals surface area contributed by atoms with Gasteiger partial charge in [0.15, 0.2) is 0 Å². The lowest BCUT2D eigenvalue weighted by Crippen LogP contribution is -2.40. The second kappa shape index (κ2) is 7.36. The third-order valence-corrected chi connectivity index (χ3v) is 7.35. The molecule has 0 atom stereocenters. The number of rotatable bonds is 4. The molecule has 0 spiro atoms. The smallest absolute Gasteiger partial charge is 0.242 e. The zero-order chi connectivity index (χ0) is 22.6. The van der Waals surface area contributed by atoms with E-state index >= 15 is 0 Å². The van der Waals surface area contributed by atoms with Gasteiger partial charge in [-0.3, -0.25) is 4.98 Å². The first-order chi connectivity index (χ1) is 14.5. The molecule has 1 aliphatic rings. The number of nitrogens with one attached hydrogen (secondary N) is 1. The Labute approximate surface area is 182 Å². The Morgan fingerprint density at radius 3 is 2.48 bits per heavy atom. The number of fused-ring (bicyclic) bond motifs is 1. The fraction of sp³-hybridized carbons (Fsp3) is 0.391. The van der Waals surface area contributed by atoms with Crippen molar-refractivity contribution >= 4 is 20.9 Å². The first kappa shape index (κ1) is 21.3. The predicted octanol–water partition coefficient (Wildman–Crippen LogP) is 4.39. The summed E-state index contributed by atoms with van der Waals surface area (Å²) in [6, 6.07) is 9.23. The van der Waals surface area contributed by atoms with E-state index in [2.05, 4.69) is 20.3 Å². The SMILES string of the molecule is Cc1cc2c(cc1O)c(C#N)c(-c1ccc(S(=O)(=O)NC(C)(C)C)cn1)n2C1CCC1. The average Bonchev–Trinajstić information content (AvgIpc) is 2.92. The normalized spacial score (nSPS) is 15.1. The van der Waals surface area contributed by atoms with Crippen LogP contribution >= 0.6 is 0 Å². The number of aryl methyl sites for hydroxylation is 1. The molecule has 2 N–H and O–H groups in total. The molecule has 3 aromatic rings. The van der Waals surface area contributed by atoms with Crippen LogP contribution in [0.3, 0.4) is 0 Å². The molecule has 8 heteroatoms. The van der Waals surface area contributed by atoms with E-state index in [4.69, 9.17) is 0 Å². The fourth-order valence-electron chi connectivity index (χ4n) is 3.98. The van der Waals surface area contributed by atoms with Crippen molar-refractivity contribution in [3.63, 3.8) is 0 Å². The van der Waals surface area contributed by atoms with Crippen LogP contribution in [0.2, 0.25) is 0 Å². The average molecular weight is 439 g/mol. The van der Waals surface area contributed by atoms with E-state index in [0.717, 1.165) is 30.3 Å². The molecular formula is C23H26N4O3S. The fourth-order valence-corrected chi connectivity index (χ4v) is 5.34. The number of hydrogen-bond donors (Lipinski definition) is 2. The van der Waals surface area contributed by atoms with E-state index in [1.807, 2.05) is 13.0 Å². The third kappa shape index (κ3) is 3.80. The summed E-state index contributed by atoms with van der Waals surface area (Å²) in [6.07, 6.45) is 4.45. The van der Waals surface area contributed by atoms with E-state index in [1.165, 1.54) is 12.3 Å². The van der Waals surface area contributed by atoms with Crippen molar-refractivity contribution in [1.29, 1.82) is 5.26 Å². The molecule has 2 heterocycles. The summed E-state index contributed by atoms with van der Waals surface area (Å²) in [5.74, 6) is 0.143. The van der Waals surface area contributed by atoms with Gasteiger partial charge in [0.2, 0.25) is 10.0 Å². The molecule has 1 aliphatic carbocycles. The highest BCUT2D eigenvalue weighted by Gasteiger charge is 2.29. The number of phenolic OH excluding ortho intramolecular Hbond substituents is 1. The predicted molar refractivity (Wildman–Crippen MR) is 119 cm³/mol. The Bertz CT molecular complexity index is 1310. The Kier molecular flexibility index (Phi) is 5.07. The topological polar surface area (TPSA) is 108 Å². The molecule has 0 saturated heterocycles. The third-order valence-electron chi connectivity index (χ3n) is 5.60. The summed E-state index contributed by atoms with van der Waals surface area (Å²) >= 11 is 0. The maximum Gasteiger partial charge on any atom is 0.242 e. The Hall–Kier alpha value is -2.89. The summed E-state index contributed by atoms with van der Waals surface area (Å²) < 4.78 is 30.0.